The van der Waals surface area contributed by atoms with E-state index in [9.17, 15) is 0 Å². The number of hydrogen-bond donors (Lipinski definition) is 1. The Morgan fingerprint density at radius 3 is 1.12 bits per heavy atom. The van der Waals surface area contributed by atoms with Gasteiger partial charge in [0.2, 0.25) is 0 Å². The standard InChI is InChI=1S/C54H114N4O7/c1-47(2,3)28-24-22-23-25-31-58(53(18,19)56(51(13,14)15)30-26-27-33-63-44-48(4,5)6)54(20,21)57(32-35-60-37-39-62-41-43-65-46-50(10,11)12)52(16,17)55-29-34-59-36-38-61-40-42-64-45-49(7,8)9/h55H,22-46H2,1-21H3. The Morgan fingerprint density at radius 1 is 0.308 bits per heavy atom. The van der Waals surface area contributed by atoms with E-state index in [1.165, 1.54) is 25.7 Å². The number of hydrogen-bond acceptors (Lipinski definition) is 11. The fourth-order valence-electron chi connectivity index (χ4n) is 8.62. The second kappa shape index (κ2) is 31.0. The Morgan fingerprint density at radius 2 is 0.677 bits per heavy atom. The maximum absolute atomic E-state index is 6.34. The van der Waals surface area contributed by atoms with E-state index in [2.05, 4.69) is 165 Å². The first-order valence-electron chi connectivity index (χ1n) is 25.8. The molecule has 0 radical (unpaired) electrons. The Labute approximate surface area is 405 Å². The van der Waals surface area contributed by atoms with Gasteiger partial charge in [0.15, 0.2) is 0 Å². The minimum Gasteiger partial charge on any atom is -0.381 e. The summed E-state index contributed by atoms with van der Waals surface area (Å²) in [5.74, 6) is 0. The maximum Gasteiger partial charge on any atom is 0.0710 e. The van der Waals surface area contributed by atoms with Gasteiger partial charge < -0.3 is 33.2 Å². The lowest BCUT2D eigenvalue weighted by atomic mass is 9.89. The molecule has 1 N–H and O–H groups in total. The zero-order chi connectivity index (χ0) is 50.1. The smallest absolute Gasteiger partial charge is 0.0710 e. The quantitative estimate of drug-likeness (QED) is 0.0474. The molecular weight excluding hydrogens is 817 g/mol. The van der Waals surface area contributed by atoms with Gasteiger partial charge in [-0.2, -0.15) is 0 Å². The summed E-state index contributed by atoms with van der Waals surface area (Å²) in [6, 6.07) is 0. The van der Waals surface area contributed by atoms with Gasteiger partial charge in [-0.25, -0.2) is 0 Å². The van der Waals surface area contributed by atoms with Crippen molar-refractivity contribution in [2.75, 3.05) is 119 Å². The fraction of sp³-hybridized carbons (Fsp3) is 1.00. The highest BCUT2D eigenvalue weighted by atomic mass is 16.5. The molecule has 0 aliphatic carbocycles. The van der Waals surface area contributed by atoms with E-state index < -0.39 is 5.66 Å². The summed E-state index contributed by atoms with van der Waals surface area (Å²) >= 11 is 0. The molecule has 392 valence electrons. The molecule has 0 aromatic heterocycles. The predicted molar refractivity (Wildman–Crippen MR) is 276 cm³/mol. The highest BCUT2D eigenvalue weighted by Gasteiger charge is 2.49. The van der Waals surface area contributed by atoms with Crippen LogP contribution in [0.15, 0.2) is 0 Å². The molecule has 0 amide bonds. The summed E-state index contributed by atoms with van der Waals surface area (Å²) in [5, 5.41) is 3.91. The molecule has 65 heavy (non-hydrogen) atoms. The van der Waals surface area contributed by atoms with Crippen molar-refractivity contribution in [2.45, 2.75) is 213 Å². The lowest BCUT2D eigenvalue weighted by molar-refractivity contribution is -0.191. The topological polar surface area (TPSA) is 86.4 Å². The summed E-state index contributed by atoms with van der Waals surface area (Å²) in [6.45, 7) is 60.6. The van der Waals surface area contributed by atoms with Gasteiger partial charge in [0, 0.05) is 38.3 Å². The lowest BCUT2D eigenvalue weighted by Gasteiger charge is -2.62. The van der Waals surface area contributed by atoms with Crippen LogP contribution in [0.5, 0.6) is 0 Å². The first-order chi connectivity index (χ1) is 29.7. The molecule has 0 aromatic rings. The van der Waals surface area contributed by atoms with Gasteiger partial charge >= 0.3 is 0 Å². The summed E-state index contributed by atoms with van der Waals surface area (Å²) in [7, 11) is 0. The second-order valence-electron chi connectivity index (χ2n) is 25.8. The number of nitrogens with zero attached hydrogens (tertiary/aromatic N) is 3. The summed E-state index contributed by atoms with van der Waals surface area (Å²) in [4.78, 5) is 8.17. The van der Waals surface area contributed by atoms with Crippen LogP contribution in [0.2, 0.25) is 0 Å². The minimum absolute atomic E-state index is 0.0587. The number of nitrogens with one attached hydrogen (secondary N) is 1. The van der Waals surface area contributed by atoms with Crippen LogP contribution in [-0.4, -0.2) is 156 Å². The van der Waals surface area contributed by atoms with E-state index in [4.69, 9.17) is 33.2 Å². The van der Waals surface area contributed by atoms with Crippen molar-refractivity contribution in [1.82, 2.24) is 20.0 Å². The molecule has 11 nitrogen and oxygen atoms in total. The molecule has 0 aliphatic heterocycles. The Balaban J connectivity index is 6.28. The van der Waals surface area contributed by atoms with Crippen LogP contribution in [0.4, 0.5) is 0 Å². The Kier molecular flexibility index (Phi) is 30.8. The van der Waals surface area contributed by atoms with Crippen molar-refractivity contribution in [2.24, 2.45) is 21.7 Å². The molecular formula is C54H114N4O7. The van der Waals surface area contributed by atoms with E-state index in [-0.39, 0.29) is 33.1 Å². The number of rotatable bonds is 38. The van der Waals surface area contributed by atoms with Crippen LogP contribution < -0.4 is 5.32 Å². The third kappa shape index (κ3) is 32.9. The van der Waals surface area contributed by atoms with Gasteiger partial charge in [-0.05, 0) is 110 Å². The molecule has 0 aromatic carbocycles. The van der Waals surface area contributed by atoms with Gasteiger partial charge in [-0.3, -0.25) is 20.0 Å². The fourth-order valence-corrected chi connectivity index (χ4v) is 8.62. The number of ether oxygens (including phenoxy) is 7. The van der Waals surface area contributed by atoms with Crippen molar-refractivity contribution in [3.63, 3.8) is 0 Å². The summed E-state index contributed by atoms with van der Waals surface area (Å²) in [6.07, 6.45) is 8.28. The van der Waals surface area contributed by atoms with Crippen molar-refractivity contribution in [3.05, 3.63) is 0 Å². The van der Waals surface area contributed by atoms with Crippen LogP contribution in [0.25, 0.3) is 0 Å². The highest BCUT2D eigenvalue weighted by Crippen LogP contribution is 2.38. The maximum atomic E-state index is 6.34. The van der Waals surface area contributed by atoms with Crippen molar-refractivity contribution < 1.29 is 33.2 Å². The largest absolute Gasteiger partial charge is 0.381 e. The SMILES string of the molecule is CC(C)(C)CCCCCCN(C(C)(C)N(CCCCOCC(C)(C)C)C(C)(C)C)C(C)(C)N(CCOCCOCCOCC(C)(C)C)C(C)(C)NCCOCCOCCOCC(C)(C)C. The molecule has 0 fully saturated rings. The average Bonchev–Trinajstić information content (AvgIpc) is 3.12. The molecule has 0 bridgehead atoms. The van der Waals surface area contributed by atoms with Crippen LogP contribution in [0.3, 0.4) is 0 Å². The van der Waals surface area contributed by atoms with Crippen LogP contribution in [0, 0.1) is 21.7 Å². The summed E-state index contributed by atoms with van der Waals surface area (Å²) < 4.78 is 41.8. The van der Waals surface area contributed by atoms with Crippen LogP contribution in [-0.2, 0) is 33.2 Å². The van der Waals surface area contributed by atoms with E-state index >= 15 is 0 Å². The van der Waals surface area contributed by atoms with Gasteiger partial charge in [0.25, 0.3) is 0 Å². The van der Waals surface area contributed by atoms with Crippen LogP contribution >= 0.6 is 0 Å². The molecule has 0 unspecified atom stereocenters. The molecule has 0 spiro atoms. The molecule has 0 saturated heterocycles. The molecule has 0 heterocycles. The third-order valence-electron chi connectivity index (χ3n) is 11.5. The Bertz CT molecular complexity index is 1160. The van der Waals surface area contributed by atoms with E-state index in [1.807, 2.05) is 0 Å². The average molecular weight is 932 g/mol. The van der Waals surface area contributed by atoms with Crippen molar-refractivity contribution in [3.8, 4) is 0 Å². The first-order valence-corrected chi connectivity index (χ1v) is 25.8. The van der Waals surface area contributed by atoms with Crippen LogP contribution in [0.1, 0.15) is 190 Å². The second-order valence-corrected chi connectivity index (χ2v) is 25.8. The van der Waals surface area contributed by atoms with E-state index in [1.54, 1.807) is 0 Å². The van der Waals surface area contributed by atoms with E-state index in [0.29, 0.717) is 78.0 Å². The third-order valence-corrected chi connectivity index (χ3v) is 11.5. The number of unbranched alkanes of at least 4 members (excludes halogenated alkanes) is 4. The minimum atomic E-state index is -0.393. The molecule has 0 saturated carbocycles. The first kappa shape index (κ1) is 64.6. The molecule has 0 aliphatic rings. The molecule has 0 atom stereocenters. The zero-order valence-corrected chi connectivity index (χ0v) is 47.4. The Hall–Kier alpha value is -0.440. The lowest BCUT2D eigenvalue weighted by Crippen LogP contribution is -2.75. The monoisotopic (exact) mass is 931 g/mol. The molecule has 0 rings (SSSR count). The van der Waals surface area contributed by atoms with Crippen molar-refractivity contribution in [1.29, 1.82) is 0 Å². The zero-order valence-electron chi connectivity index (χ0n) is 47.4. The van der Waals surface area contributed by atoms with Gasteiger partial charge in [-0.15, -0.1) is 0 Å². The van der Waals surface area contributed by atoms with Crippen molar-refractivity contribution >= 4 is 0 Å². The predicted octanol–water partition coefficient (Wildman–Crippen LogP) is 11.5. The van der Waals surface area contributed by atoms with Gasteiger partial charge in [0.1, 0.15) is 0 Å². The normalized spacial score (nSPS) is 14.2. The van der Waals surface area contributed by atoms with Gasteiger partial charge in [-0.1, -0.05) is 102 Å². The highest BCUT2D eigenvalue weighted by molar-refractivity contribution is 4.99. The molecule has 11 heteroatoms. The van der Waals surface area contributed by atoms with Gasteiger partial charge in [0.05, 0.1) is 103 Å². The van der Waals surface area contributed by atoms with E-state index in [0.717, 1.165) is 65.3 Å². The summed E-state index contributed by atoms with van der Waals surface area (Å²) in [5.41, 5.74) is -0.250.